The van der Waals surface area contributed by atoms with Gasteiger partial charge in [0, 0.05) is 0 Å². The highest BCUT2D eigenvalue weighted by Crippen LogP contribution is 2.06. The molecule has 1 aromatic rings. The fraction of sp³-hybridized carbons (Fsp3) is 0.286. The van der Waals surface area contributed by atoms with Gasteiger partial charge in [0.15, 0.2) is 0 Å². The van der Waals surface area contributed by atoms with E-state index in [2.05, 4.69) is 15.7 Å². The fourth-order valence-electron chi connectivity index (χ4n) is 0.846. The second-order valence-corrected chi connectivity index (χ2v) is 2.47. The Balaban J connectivity index is 2.78. The monoisotopic (exact) mass is 182 g/mol. The van der Waals surface area contributed by atoms with Crippen LogP contribution in [0.25, 0.3) is 0 Å². The van der Waals surface area contributed by atoms with Crippen LogP contribution in [0, 0.1) is 6.92 Å². The number of nitrogens with one attached hydrogen (secondary N) is 1. The quantitative estimate of drug-likeness (QED) is 0.511. The van der Waals surface area contributed by atoms with E-state index in [-0.39, 0.29) is 0 Å². The number of aromatic nitrogens is 1. The van der Waals surface area contributed by atoms with Crippen molar-refractivity contribution >= 4 is 11.7 Å². The molecule has 0 saturated heterocycles. The van der Waals surface area contributed by atoms with Crippen LogP contribution in [-0.4, -0.2) is 16.9 Å². The first-order chi connectivity index (χ1) is 6.11. The van der Waals surface area contributed by atoms with Crippen LogP contribution < -0.4 is 11.2 Å². The maximum absolute atomic E-state index is 10.3. The van der Waals surface area contributed by atoms with Gasteiger partial charge in [-0.25, -0.2) is 10.2 Å². The Labute approximate surface area is 74.8 Å². The van der Waals surface area contributed by atoms with Crippen LogP contribution in [0.2, 0.25) is 0 Å². The Morgan fingerprint density at radius 3 is 2.92 bits per heavy atom. The zero-order valence-electron chi connectivity index (χ0n) is 7.37. The Hall–Kier alpha value is -1.85. The van der Waals surface area contributed by atoms with Gasteiger partial charge in [-0.15, -0.1) is 0 Å². The molecule has 13 heavy (non-hydrogen) atoms. The number of rotatable bonds is 2. The number of hydrogen-bond acceptors (Lipinski definition) is 4. The number of amides is 2. The number of carbonyl (C=O) groups is 1. The van der Waals surface area contributed by atoms with Crippen LogP contribution in [0.5, 0.6) is 0 Å². The molecule has 1 heterocycles. The Kier molecular flexibility index (Phi) is 2.63. The number of hydrazone groups is 1. The number of aryl methyl sites for hydroxylation is 1. The first kappa shape index (κ1) is 9.24. The van der Waals surface area contributed by atoms with Crippen LogP contribution in [-0.2, 0) is 0 Å². The smallest absolute Gasteiger partial charge is 0.332 e. The topological polar surface area (TPSA) is 93.5 Å². The number of urea groups is 1. The molecule has 0 aliphatic rings. The molecule has 6 nitrogen and oxygen atoms in total. The molecule has 3 N–H and O–H groups in total. The van der Waals surface area contributed by atoms with Crippen molar-refractivity contribution in [1.29, 1.82) is 0 Å². The van der Waals surface area contributed by atoms with Crippen molar-refractivity contribution in [2.45, 2.75) is 13.8 Å². The summed E-state index contributed by atoms with van der Waals surface area (Å²) in [7, 11) is 0. The Morgan fingerprint density at radius 1 is 1.77 bits per heavy atom. The van der Waals surface area contributed by atoms with Gasteiger partial charge in [-0.1, -0.05) is 5.16 Å². The molecule has 0 unspecified atom stereocenters. The minimum absolute atomic E-state index is 0.595. The molecule has 70 valence electrons. The summed E-state index contributed by atoms with van der Waals surface area (Å²) in [6.45, 7) is 3.47. The van der Waals surface area contributed by atoms with E-state index < -0.39 is 6.03 Å². The highest BCUT2D eigenvalue weighted by molar-refractivity contribution is 5.99. The lowest BCUT2D eigenvalue weighted by atomic mass is 10.2. The van der Waals surface area contributed by atoms with Crippen molar-refractivity contribution in [3.63, 3.8) is 0 Å². The molecule has 1 aromatic heterocycles. The number of carbonyl (C=O) groups excluding carboxylic acids is 1. The third kappa shape index (κ3) is 2.29. The van der Waals surface area contributed by atoms with Crippen molar-refractivity contribution in [2.24, 2.45) is 10.8 Å². The molecule has 0 atom stereocenters. The molecule has 0 aromatic carbocycles. The highest BCUT2D eigenvalue weighted by atomic mass is 16.5. The van der Waals surface area contributed by atoms with Crippen molar-refractivity contribution < 1.29 is 9.32 Å². The lowest BCUT2D eigenvalue weighted by molar-refractivity contribution is 0.249. The van der Waals surface area contributed by atoms with Gasteiger partial charge in [0.1, 0.15) is 5.76 Å². The van der Waals surface area contributed by atoms with Gasteiger partial charge in [0.2, 0.25) is 0 Å². The molecule has 1 rings (SSSR count). The van der Waals surface area contributed by atoms with Gasteiger partial charge in [0.25, 0.3) is 0 Å². The van der Waals surface area contributed by atoms with Gasteiger partial charge < -0.3 is 10.3 Å². The summed E-state index contributed by atoms with van der Waals surface area (Å²) in [6.07, 6.45) is 1.52. The average molecular weight is 182 g/mol. The zero-order valence-corrected chi connectivity index (χ0v) is 7.37. The van der Waals surface area contributed by atoms with Gasteiger partial charge in [-0.3, -0.25) is 0 Å². The van der Waals surface area contributed by atoms with Crippen molar-refractivity contribution in [3.05, 3.63) is 17.5 Å². The van der Waals surface area contributed by atoms with E-state index >= 15 is 0 Å². The van der Waals surface area contributed by atoms with Crippen molar-refractivity contribution in [1.82, 2.24) is 10.6 Å². The Morgan fingerprint density at radius 2 is 2.46 bits per heavy atom. The van der Waals surface area contributed by atoms with E-state index in [1.807, 2.05) is 0 Å². The molecule has 0 aliphatic carbocycles. The van der Waals surface area contributed by atoms with Crippen LogP contribution in [0.15, 0.2) is 15.8 Å². The minimum atomic E-state index is -0.701. The first-order valence-corrected chi connectivity index (χ1v) is 3.62. The largest absolute Gasteiger partial charge is 0.361 e. The third-order valence-corrected chi connectivity index (χ3v) is 1.47. The molecule has 0 aliphatic heterocycles. The fourth-order valence-corrected chi connectivity index (χ4v) is 0.846. The van der Waals surface area contributed by atoms with Crippen LogP contribution in [0.4, 0.5) is 4.79 Å². The molecule has 0 spiro atoms. The van der Waals surface area contributed by atoms with Gasteiger partial charge in [-0.2, -0.15) is 5.10 Å². The lowest BCUT2D eigenvalue weighted by Gasteiger charge is -1.96. The zero-order chi connectivity index (χ0) is 9.84. The molecule has 0 saturated carbocycles. The summed E-state index contributed by atoms with van der Waals surface area (Å²) >= 11 is 0. The number of nitrogens with zero attached hydrogens (tertiary/aromatic N) is 2. The second kappa shape index (κ2) is 3.70. The maximum atomic E-state index is 10.3. The summed E-state index contributed by atoms with van der Waals surface area (Å²) in [5.41, 5.74) is 8.29. The molecular weight excluding hydrogens is 172 g/mol. The van der Waals surface area contributed by atoms with Crippen LogP contribution in [0.3, 0.4) is 0 Å². The second-order valence-electron chi connectivity index (χ2n) is 2.47. The first-order valence-electron chi connectivity index (χ1n) is 3.62. The highest BCUT2D eigenvalue weighted by Gasteiger charge is 2.05. The summed E-state index contributed by atoms with van der Waals surface area (Å²) in [5, 5.41) is 7.29. The van der Waals surface area contributed by atoms with E-state index in [0.29, 0.717) is 11.5 Å². The average Bonchev–Trinajstić information content (AvgIpc) is 2.47. The SMILES string of the molecule is C/C(=N\NC(N)=O)c1cnoc1C. The van der Waals surface area contributed by atoms with E-state index in [0.717, 1.165) is 5.56 Å². The van der Waals surface area contributed by atoms with E-state index in [9.17, 15) is 4.79 Å². The van der Waals surface area contributed by atoms with E-state index in [4.69, 9.17) is 10.3 Å². The predicted molar refractivity (Wildman–Crippen MR) is 46.2 cm³/mol. The summed E-state index contributed by atoms with van der Waals surface area (Å²) in [6, 6.07) is -0.701. The molecule has 2 amide bonds. The number of primary amides is 1. The number of nitrogens with two attached hydrogens (primary N) is 1. The third-order valence-electron chi connectivity index (χ3n) is 1.47. The summed E-state index contributed by atoms with van der Waals surface area (Å²) < 4.78 is 4.82. The molecular formula is C7H10N4O2. The number of hydrogen-bond donors (Lipinski definition) is 2. The normalized spacial score (nSPS) is 11.4. The van der Waals surface area contributed by atoms with Crippen molar-refractivity contribution in [3.8, 4) is 0 Å². The summed E-state index contributed by atoms with van der Waals surface area (Å²) in [5.74, 6) is 0.646. The van der Waals surface area contributed by atoms with Gasteiger partial charge in [-0.05, 0) is 13.8 Å². The molecule has 0 bridgehead atoms. The van der Waals surface area contributed by atoms with E-state index in [1.54, 1.807) is 13.8 Å². The lowest BCUT2D eigenvalue weighted by Crippen LogP contribution is -2.25. The predicted octanol–water partition coefficient (Wildman–Crippen LogP) is 0.375. The van der Waals surface area contributed by atoms with Crippen LogP contribution in [0.1, 0.15) is 18.2 Å². The minimum Gasteiger partial charge on any atom is -0.361 e. The van der Waals surface area contributed by atoms with Gasteiger partial charge in [0.05, 0.1) is 17.5 Å². The Bertz CT molecular complexity index is 342. The standard InChI is InChI=1S/C7H10N4O2/c1-4(10-11-7(8)12)6-3-9-13-5(6)2/h3H,1-2H3,(H3,8,11,12)/b10-4+. The van der Waals surface area contributed by atoms with Crippen molar-refractivity contribution in [2.75, 3.05) is 0 Å². The molecule has 6 heteroatoms. The maximum Gasteiger partial charge on any atom is 0.332 e. The van der Waals surface area contributed by atoms with Crippen LogP contribution >= 0.6 is 0 Å². The van der Waals surface area contributed by atoms with E-state index in [1.165, 1.54) is 6.20 Å². The molecule has 0 radical (unpaired) electrons. The summed E-state index contributed by atoms with van der Waals surface area (Å²) in [4.78, 5) is 10.3. The molecule has 0 fully saturated rings. The van der Waals surface area contributed by atoms with Gasteiger partial charge >= 0.3 is 6.03 Å².